The standard InChI is InChI=1S/C34H40N2O2S/c37-39(38,25-13-23-35(27-31-15-5-1-6-16-31)28-32-17-7-2-8-18-32)26-14-24-36(29-33-19-9-3-10-20-33)30-34-21-11-4-12-22-34/h1-12,15-22H,13-14,23-30H2. The van der Waals surface area contributed by atoms with E-state index in [9.17, 15) is 8.42 Å². The molecule has 0 aliphatic carbocycles. The minimum atomic E-state index is -3.12. The van der Waals surface area contributed by atoms with Gasteiger partial charge < -0.3 is 0 Å². The summed E-state index contributed by atoms with van der Waals surface area (Å²) in [4.78, 5) is 4.70. The number of hydrogen-bond donors (Lipinski definition) is 0. The molecule has 0 radical (unpaired) electrons. The molecule has 5 heteroatoms. The van der Waals surface area contributed by atoms with Crippen molar-refractivity contribution in [2.24, 2.45) is 0 Å². The average Bonchev–Trinajstić information content (AvgIpc) is 2.95. The fourth-order valence-electron chi connectivity index (χ4n) is 4.91. The monoisotopic (exact) mass is 540 g/mol. The van der Waals surface area contributed by atoms with Crippen LogP contribution in [0.15, 0.2) is 121 Å². The topological polar surface area (TPSA) is 40.6 Å². The van der Waals surface area contributed by atoms with Gasteiger partial charge in [-0.05, 0) is 48.2 Å². The summed E-state index contributed by atoms with van der Waals surface area (Å²) in [5.74, 6) is 0.453. The zero-order chi connectivity index (χ0) is 27.2. The van der Waals surface area contributed by atoms with E-state index in [4.69, 9.17) is 0 Å². The third-order valence-corrected chi connectivity index (χ3v) is 8.68. The largest absolute Gasteiger partial charge is 0.295 e. The number of benzene rings is 4. The summed E-state index contributed by atoms with van der Waals surface area (Å²) in [5.41, 5.74) is 4.97. The van der Waals surface area contributed by atoms with Crippen LogP contribution < -0.4 is 0 Å². The summed E-state index contributed by atoms with van der Waals surface area (Å²) in [5, 5.41) is 0. The Kier molecular flexibility index (Phi) is 11.3. The molecule has 0 fully saturated rings. The summed E-state index contributed by atoms with van der Waals surface area (Å²) in [6.07, 6.45) is 1.28. The van der Waals surface area contributed by atoms with Gasteiger partial charge in [-0.1, -0.05) is 121 Å². The number of nitrogens with zero attached hydrogens (tertiary/aromatic N) is 2. The van der Waals surface area contributed by atoms with Crippen LogP contribution in [0.3, 0.4) is 0 Å². The Morgan fingerprint density at radius 3 is 0.923 bits per heavy atom. The quantitative estimate of drug-likeness (QED) is 0.161. The fraction of sp³-hybridized carbons (Fsp3) is 0.294. The number of sulfone groups is 1. The molecule has 0 saturated carbocycles. The third kappa shape index (κ3) is 10.8. The van der Waals surface area contributed by atoms with Crippen LogP contribution in [0.5, 0.6) is 0 Å². The van der Waals surface area contributed by atoms with Gasteiger partial charge in [0.2, 0.25) is 0 Å². The molecule has 0 atom stereocenters. The Morgan fingerprint density at radius 2 is 0.667 bits per heavy atom. The van der Waals surface area contributed by atoms with Gasteiger partial charge in [-0.15, -0.1) is 0 Å². The first-order valence-corrected chi connectivity index (χ1v) is 15.7. The van der Waals surface area contributed by atoms with E-state index in [1.165, 1.54) is 22.3 Å². The molecule has 204 valence electrons. The minimum absolute atomic E-state index is 0.227. The van der Waals surface area contributed by atoms with Crippen molar-refractivity contribution < 1.29 is 8.42 Å². The van der Waals surface area contributed by atoms with Crippen LogP contribution in [0.2, 0.25) is 0 Å². The highest BCUT2D eigenvalue weighted by Gasteiger charge is 2.15. The lowest BCUT2D eigenvalue weighted by Crippen LogP contribution is -2.27. The maximum Gasteiger partial charge on any atom is 0.150 e. The Labute approximate surface area is 234 Å². The van der Waals surface area contributed by atoms with E-state index in [0.717, 1.165) is 39.3 Å². The molecule has 0 spiro atoms. The molecular weight excluding hydrogens is 500 g/mol. The molecule has 39 heavy (non-hydrogen) atoms. The van der Waals surface area contributed by atoms with Gasteiger partial charge in [0.25, 0.3) is 0 Å². The van der Waals surface area contributed by atoms with E-state index in [2.05, 4.69) is 107 Å². The van der Waals surface area contributed by atoms with Gasteiger partial charge >= 0.3 is 0 Å². The van der Waals surface area contributed by atoms with E-state index in [-0.39, 0.29) is 11.5 Å². The SMILES string of the molecule is O=S(=O)(CCCN(Cc1ccccc1)Cc1ccccc1)CCCN(Cc1ccccc1)Cc1ccccc1. The molecule has 0 saturated heterocycles. The Balaban J connectivity index is 1.28. The van der Waals surface area contributed by atoms with Crippen molar-refractivity contribution in [1.82, 2.24) is 9.80 Å². The van der Waals surface area contributed by atoms with E-state index in [1.807, 2.05) is 24.3 Å². The van der Waals surface area contributed by atoms with Crippen LogP contribution >= 0.6 is 0 Å². The first-order chi connectivity index (χ1) is 19.1. The van der Waals surface area contributed by atoms with Crippen molar-refractivity contribution in [3.63, 3.8) is 0 Å². The first kappa shape index (κ1) is 28.8. The predicted molar refractivity (Wildman–Crippen MR) is 162 cm³/mol. The molecule has 0 unspecified atom stereocenters. The second-order valence-electron chi connectivity index (χ2n) is 10.2. The molecule has 0 N–H and O–H groups in total. The molecule has 4 nitrogen and oxygen atoms in total. The Bertz CT molecular complexity index is 1130. The molecule has 0 bridgehead atoms. The highest BCUT2D eigenvalue weighted by Crippen LogP contribution is 2.13. The van der Waals surface area contributed by atoms with Gasteiger partial charge in [0.05, 0.1) is 11.5 Å². The van der Waals surface area contributed by atoms with Gasteiger partial charge in [-0.3, -0.25) is 9.80 Å². The molecule has 0 aliphatic heterocycles. The first-order valence-electron chi connectivity index (χ1n) is 13.9. The van der Waals surface area contributed by atoms with Crippen LogP contribution in [-0.2, 0) is 36.0 Å². The molecule has 4 aromatic rings. The Hall–Kier alpha value is -3.25. The average molecular weight is 541 g/mol. The molecule has 0 aromatic heterocycles. The highest BCUT2D eigenvalue weighted by atomic mass is 32.2. The molecular formula is C34H40N2O2S. The van der Waals surface area contributed by atoms with Crippen LogP contribution in [0, 0.1) is 0 Å². The van der Waals surface area contributed by atoms with Crippen molar-refractivity contribution in [2.75, 3.05) is 24.6 Å². The van der Waals surface area contributed by atoms with E-state index in [0.29, 0.717) is 12.8 Å². The summed E-state index contributed by atoms with van der Waals surface area (Å²) >= 11 is 0. The highest BCUT2D eigenvalue weighted by molar-refractivity contribution is 7.91. The van der Waals surface area contributed by atoms with Crippen molar-refractivity contribution in [1.29, 1.82) is 0 Å². The normalized spacial score (nSPS) is 11.7. The van der Waals surface area contributed by atoms with Gasteiger partial charge in [0.15, 0.2) is 0 Å². The lowest BCUT2D eigenvalue weighted by molar-refractivity contribution is 0.256. The van der Waals surface area contributed by atoms with Crippen LogP contribution in [0.4, 0.5) is 0 Å². The van der Waals surface area contributed by atoms with Gasteiger partial charge in [-0.2, -0.15) is 0 Å². The maximum absolute atomic E-state index is 13.0. The van der Waals surface area contributed by atoms with E-state index in [1.54, 1.807) is 0 Å². The molecule has 4 aromatic carbocycles. The summed E-state index contributed by atoms with van der Waals surface area (Å²) < 4.78 is 26.0. The van der Waals surface area contributed by atoms with Gasteiger partial charge in [0, 0.05) is 26.2 Å². The number of hydrogen-bond acceptors (Lipinski definition) is 4. The lowest BCUT2D eigenvalue weighted by Gasteiger charge is -2.23. The summed E-state index contributed by atoms with van der Waals surface area (Å²) in [6, 6.07) is 41.6. The van der Waals surface area contributed by atoms with Crippen molar-refractivity contribution >= 4 is 9.84 Å². The van der Waals surface area contributed by atoms with E-state index < -0.39 is 9.84 Å². The second-order valence-corrected chi connectivity index (χ2v) is 12.5. The van der Waals surface area contributed by atoms with Crippen LogP contribution in [0.1, 0.15) is 35.1 Å². The third-order valence-electron chi connectivity index (χ3n) is 6.86. The van der Waals surface area contributed by atoms with Crippen molar-refractivity contribution in [3.05, 3.63) is 144 Å². The van der Waals surface area contributed by atoms with Gasteiger partial charge in [-0.25, -0.2) is 8.42 Å². The Morgan fingerprint density at radius 1 is 0.410 bits per heavy atom. The molecule has 0 heterocycles. The van der Waals surface area contributed by atoms with Crippen LogP contribution in [-0.4, -0.2) is 42.8 Å². The van der Waals surface area contributed by atoms with Crippen molar-refractivity contribution in [2.45, 2.75) is 39.0 Å². The molecule has 4 rings (SSSR count). The zero-order valence-corrected chi connectivity index (χ0v) is 23.6. The van der Waals surface area contributed by atoms with E-state index >= 15 is 0 Å². The molecule has 0 aliphatic rings. The maximum atomic E-state index is 13.0. The van der Waals surface area contributed by atoms with Gasteiger partial charge in [0.1, 0.15) is 9.84 Å². The lowest BCUT2D eigenvalue weighted by atomic mass is 10.1. The predicted octanol–water partition coefficient (Wildman–Crippen LogP) is 6.59. The summed E-state index contributed by atoms with van der Waals surface area (Å²) in [7, 11) is -3.12. The van der Waals surface area contributed by atoms with Crippen LogP contribution in [0.25, 0.3) is 0 Å². The zero-order valence-electron chi connectivity index (χ0n) is 22.7. The fourth-order valence-corrected chi connectivity index (χ4v) is 6.25. The minimum Gasteiger partial charge on any atom is -0.295 e. The van der Waals surface area contributed by atoms with Crippen molar-refractivity contribution in [3.8, 4) is 0 Å². The number of rotatable bonds is 16. The summed E-state index contributed by atoms with van der Waals surface area (Å²) in [6.45, 7) is 4.73. The second kappa shape index (κ2) is 15.4. The smallest absolute Gasteiger partial charge is 0.150 e. The molecule has 0 amide bonds.